The van der Waals surface area contributed by atoms with Crippen molar-refractivity contribution in [3.63, 3.8) is 0 Å². The second-order valence-electron chi connectivity index (χ2n) is 4.90. The fourth-order valence-electron chi connectivity index (χ4n) is 2.41. The number of amides is 2. The van der Waals surface area contributed by atoms with Crippen LogP contribution in [0.5, 0.6) is 5.75 Å². The number of rotatable bonds is 4. The first-order chi connectivity index (χ1) is 10.6. The number of nitrogens with zero attached hydrogens (tertiary/aromatic N) is 1. The molecule has 0 aliphatic carbocycles. The fourth-order valence-corrected chi connectivity index (χ4v) is 2.41. The van der Waals surface area contributed by atoms with E-state index in [9.17, 15) is 14.4 Å². The van der Waals surface area contributed by atoms with Gasteiger partial charge in [-0.15, -0.1) is 0 Å². The molecule has 1 heterocycles. The largest absolute Gasteiger partial charge is 0.497 e. The van der Waals surface area contributed by atoms with Gasteiger partial charge in [-0.3, -0.25) is 19.3 Å². The zero-order valence-corrected chi connectivity index (χ0v) is 11.9. The van der Waals surface area contributed by atoms with Gasteiger partial charge in [0.25, 0.3) is 11.8 Å². The van der Waals surface area contributed by atoms with E-state index in [0.29, 0.717) is 22.4 Å². The number of hydrogen-bond acceptors (Lipinski definition) is 4. The van der Waals surface area contributed by atoms with Gasteiger partial charge in [0.2, 0.25) is 0 Å². The van der Waals surface area contributed by atoms with Crippen LogP contribution in [0.25, 0.3) is 0 Å². The number of fused-ring (bicyclic) bond motifs is 1. The summed E-state index contributed by atoms with van der Waals surface area (Å²) in [5.74, 6) is -0.629. The van der Waals surface area contributed by atoms with Gasteiger partial charge in [-0.1, -0.05) is 24.3 Å². The molecule has 2 amide bonds. The zero-order chi connectivity index (χ0) is 15.7. The Morgan fingerprint density at radius 1 is 1.00 bits per heavy atom. The number of benzene rings is 2. The highest BCUT2D eigenvalue weighted by Gasteiger charge is 2.36. The predicted molar refractivity (Wildman–Crippen MR) is 79.1 cm³/mol. The maximum absolute atomic E-state index is 12.3. The average molecular weight is 295 g/mol. The first-order valence-corrected chi connectivity index (χ1v) is 6.74. The summed E-state index contributed by atoms with van der Waals surface area (Å²) < 4.78 is 5.07. The van der Waals surface area contributed by atoms with E-state index in [1.165, 1.54) is 7.11 Å². The molecular formula is C17H13NO4. The predicted octanol–water partition coefficient (Wildman–Crippen LogP) is 2.17. The van der Waals surface area contributed by atoms with Crippen LogP contribution < -0.4 is 4.74 Å². The molecular weight excluding hydrogens is 282 g/mol. The first kappa shape index (κ1) is 14.0. The van der Waals surface area contributed by atoms with Crippen molar-refractivity contribution >= 4 is 17.6 Å². The number of imide groups is 1. The number of methoxy groups -OCH3 is 1. The molecule has 0 saturated heterocycles. The van der Waals surface area contributed by atoms with Gasteiger partial charge >= 0.3 is 0 Å². The van der Waals surface area contributed by atoms with E-state index in [-0.39, 0.29) is 12.3 Å². The Balaban J connectivity index is 1.84. The van der Waals surface area contributed by atoms with Crippen molar-refractivity contribution in [3.05, 3.63) is 65.2 Å². The number of hydrogen-bond donors (Lipinski definition) is 0. The van der Waals surface area contributed by atoms with Gasteiger partial charge in [-0.2, -0.15) is 0 Å². The SMILES string of the molecule is COc1cccc(C(=O)CN2C(=O)c3ccccc3C2=O)c1. The van der Waals surface area contributed by atoms with Crippen LogP contribution >= 0.6 is 0 Å². The molecule has 1 aliphatic heterocycles. The van der Waals surface area contributed by atoms with Crippen LogP contribution in [-0.4, -0.2) is 36.2 Å². The Kier molecular flexibility index (Phi) is 3.47. The Hall–Kier alpha value is -2.95. The first-order valence-electron chi connectivity index (χ1n) is 6.74. The van der Waals surface area contributed by atoms with Crippen LogP contribution in [0.2, 0.25) is 0 Å². The minimum absolute atomic E-state index is 0.278. The molecule has 0 N–H and O–H groups in total. The molecule has 0 radical (unpaired) electrons. The molecule has 2 aromatic rings. The Labute approximate surface area is 127 Å². The standard InChI is InChI=1S/C17H13NO4/c1-22-12-6-4-5-11(9-12)15(19)10-18-16(20)13-7-2-3-8-14(13)17(18)21/h2-9H,10H2,1H3. The highest BCUT2D eigenvalue weighted by atomic mass is 16.5. The summed E-state index contributed by atoms with van der Waals surface area (Å²) in [5.41, 5.74) is 1.08. The summed E-state index contributed by atoms with van der Waals surface area (Å²) in [6.07, 6.45) is 0. The van der Waals surface area contributed by atoms with E-state index >= 15 is 0 Å². The number of carbonyl (C=O) groups is 3. The van der Waals surface area contributed by atoms with E-state index in [0.717, 1.165) is 4.90 Å². The van der Waals surface area contributed by atoms with Crippen LogP contribution in [0.3, 0.4) is 0 Å². The molecule has 2 aromatic carbocycles. The Morgan fingerprint density at radius 3 is 2.23 bits per heavy atom. The molecule has 5 nitrogen and oxygen atoms in total. The fraction of sp³-hybridized carbons (Fsp3) is 0.118. The summed E-state index contributed by atoms with van der Waals surface area (Å²) in [4.78, 5) is 37.7. The quantitative estimate of drug-likeness (QED) is 0.640. The Bertz CT molecular complexity index is 747. The number of ether oxygens (including phenoxy) is 1. The van der Waals surface area contributed by atoms with Gasteiger partial charge in [0.05, 0.1) is 24.8 Å². The molecule has 0 atom stereocenters. The normalized spacial score (nSPS) is 13.2. The third-order valence-corrected chi connectivity index (χ3v) is 3.57. The molecule has 0 fully saturated rings. The van der Waals surface area contributed by atoms with Crippen LogP contribution in [0.1, 0.15) is 31.1 Å². The van der Waals surface area contributed by atoms with Crippen molar-refractivity contribution < 1.29 is 19.1 Å². The summed E-state index contributed by atoms with van der Waals surface area (Å²) in [6.45, 7) is -0.278. The number of ketones is 1. The molecule has 0 saturated carbocycles. The van der Waals surface area contributed by atoms with Gasteiger partial charge in [0.1, 0.15) is 5.75 Å². The smallest absolute Gasteiger partial charge is 0.261 e. The summed E-state index contributed by atoms with van der Waals surface area (Å²) in [5, 5.41) is 0. The van der Waals surface area contributed by atoms with Crippen LogP contribution in [0, 0.1) is 0 Å². The van der Waals surface area contributed by atoms with Crippen molar-refractivity contribution in [1.29, 1.82) is 0 Å². The summed E-state index contributed by atoms with van der Waals surface area (Å²) in [7, 11) is 1.51. The van der Waals surface area contributed by atoms with E-state index in [1.54, 1.807) is 48.5 Å². The highest BCUT2D eigenvalue weighted by molar-refractivity contribution is 6.23. The van der Waals surface area contributed by atoms with Crippen molar-refractivity contribution in [2.24, 2.45) is 0 Å². The van der Waals surface area contributed by atoms with E-state index in [4.69, 9.17) is 4.74 Å². The molecule has 1 aliphatic rings. The van der Waals surface area contributed by atoms with Crippen molar-refractivity contribution in [3.8, 4) is 5.75 Å². The third-order valence-electron chi connectivity index (χ3n) is 3.57. The maximum atomic E-state index is 12.3. The summed E-state index contributed by atoms with van der Waals surface area (Å²) in [6, 6.07) is 13.2. The average Bonchev–Trinajstić information content (AvgIpc) is 2.80. The van der Waals surface area contributed by atoms with Crippen LogP contribution in [-0.2, 0) is 0 Å². The molecule has 0 aromatic heterocycles. The zero-order valence-electron chi connectivity index (χ0n) is 11.9. The van der Waals surface area contributed by atoms with Gasteiger partial charge in [0.15, 0.2) is 5.78 Å². The lowest BCUT2D eigenvalue weighted by molar-refractivity contribution is 0.0624. The molecule has 0 spiro atoms. The number of Topliss-reactive ketones (excluding diaryl/α,β-unsaturated/α-hetero) is 1. The van der Waals surface area contributed by atoms with Crippen LogP contribution in [0.15, 0.2) is 48.5 Å². The molecule has 0 unspecified atom stereocenters. The van der Waals surface area contributed by atoms with E-state index in [1.807, 2.05) is 0 Å². The highest BCUT2D eigenvalue weighted by Crippen LogP contribution is 2.23. The van der Waals surface area contributed by atoms with E-state index in [2.05, 4.69) is 0 Å². The second-order valence-corrected chi connectivity index (χ2v) is 4.90. The van der Waals surface area contributed by atoms with Gasteiger partial charge in [0, 0.05) is 5.56 Å². The topological polar surface area (TPSA) is 63.7 Å². The van der Waals surface area contributed by atoms with E-state index < -0.39 is 11.8 Å². The van der Waals surface area contributed by atoms with Crippen molar-refractivity contribution in [2.75, 3.05) is 13.7 Å². The third kappa shape index (κ3) is 2.26. The monoisotopic (exact) mass is 295 g/mol. The molecule has 3 rings (SSSR count). The molecule has 110 valence electrons. The van der Waals surface area contributed by atoms with Gasteiger partial charge < -0.3 is 4.74 Å². The molecule has 22 heavy (non-hydrogen) atoms. The van der Waals surface area contributed by atoms with Crippen LogP contribution in [0.4, 0.5) is 0 Å². The minimum Gasteiger partial charge on any atom is -0.497 e. The molecule has 0 bridgehead atoms. The minimum atomic E-state index is -0.433. The number of carbonyl (C=O) groups excluding carboxylic acids is 3. The lowest BCUT2D eigenvalue weighted by Crippen LogP contribution is -2.34. The maximum Gasteiger partial charge on any atom is 0.261 e. The van der Waals surface area contributed by atoms with Crippen molar-refractivity contribution in [1.82, 2.24) is 4.90 Å². The Morgan fingerprint density at radius 2 is 1.64 bits per heavy atom. The lowest BCUT2D eigenvalue weighted by Gasteiger charge is -2.13. The molecule has 5 heteroatoms. The second kappa shape index (κ2) is 5.44. The van der Waals surface area contributed by atoms with Crippen molar-refractivity contribution in [2.45, 2.75) is 0 Å². The van der Waals surface area contributed by atoms with Gasteiger partial charge in [-0.25, -0.2) is 0 Å². The lowest BCUT2D eigenvalue weighted by atomic mass is 10.1. The van der Waals surface area contributed by atoms with Gasteiger partial charge in [-0.05, 0) is 24.3 Å². The summed E-state index contributed by atoms with van der Waals surface area (Å²) >= 11 is 0.